The van der Waals surface area contributed by atoms with Crippen molar-refractivity contribution in [2.24, 2.45) is 0 Å². The van der Waals surface area contributed by atoms with Gasteiger partial charge in [-0.2, -0.15) is 0 Å². The molecule has 0 aliphatic carbocycles. The van der Waals surface area contributed by atoms with Crippen molar-refractivity contribution in [3.05, 3.63) is 0 Å². The van der Waals surface area contributed by atoms with Crippen LogP contribution in [0.5, 0.6) is 0 Å². The Morgan fingerprint density at radius 2 is 2.07 bits per heavy atom. The fourth-order valence-electron chi connectivity index (χ4n) is 1.34. The van der Waals surface area contributed by atoms with Crippen LogP contribution in [0.3, 0.4) is 0 Å². The van der Waals surface area contributed by atoms with Gasteiger partial charge in [0.05, 0.1) is 12.6 Å². The second-order valence-electron chi connectivity index (χ2n) is 3.87. The quantitative estimate of drug-likeness (QED) is 0.593. The molecule has 0 saturated carbocycles. The Hall–Kier alpha value is -0.610. The van der Waals surface area contributed by atoms with Gasteiger partial charge in [-0.25, -0.2) is 0 Å². The molecule has 1 amide bonds. The van der Waals surface area contributed by atoms with Gasteiger partial charge in [0.2, 0.25) is 5.91 Å². The second-order valence-corrected chi connectivity index (χ2v) is 3.87. The van der Waals surface area contributed by atoms with Crippen molar-refractivity contribution in [2.75, 3.05) is 20.3 Å². The summed E-state index contributed by atoms with van der Waals surface area (Å²) in [6.45, 7) is 7.34. The van der Waals surface area contributed by atoms with Crippen LogP contribution in [0.2, 0.25) is 0 Å². The number of carbonyl (C=O) groups excluding carboxylic acids is 1. The van der Waals surface area contributed by atoms with E-state index in [0.717, 1.165) is 12.8 Å². The van der Waals surface area contributed by atoms with Gasteiger partial charge in [0, 0.05) is 19.7 Å². The van der Waals surface area contributed by atoms with Crippen LogP contribution in [0.4, 0.5) is 0 Å². The van der Waals surface area contributed by atoms with Gasteiger partial charge >= 0.3 is 0 Å². The van der Waals surface area contributed by atoms with Crippen molar-refractivity contribution in [3.8, 4) is 0 Å². The first-order valence-electron chi connectivity index (χ1n) is 5.64. The van der Waals surface area contributed by atoms with Crippen molar-refractivity contribution in [1.82, 2.24) is 10.6 Å². The highest BCUT2D eigenvalue weighted by Gasteiger charge is 2.13. The number of rotatable bonds is 8. The average molecular weight is 216 g/mol. The Morgan fingerprint density at radius 1 is 1.40 bits per heavy atom. The molecule has 0 bridgehead atoms. The molecular weight excluding hydrogens is 192 g/mol. The van der Waals surface area contributed by atoms with Gasteiger partial charge in [0.25, 0.3) is 0 Å². The highest BCUT2D eigenvalue weighted by Crippen LogP contribution is 1.95. The van der Waals surface area contributed by atoms with Gasteiger partial charge in [-0.05, 0) is 20.3 Å². The first-order chi connectivity index (χ1) is 7.11. The Bertz CT molecular complexity index is 174. The van der Waals surface area contributed by atoms with E-state index in [1.54, 1.807) is 7.11 Å². The largest absolute Gasteiger partial charge is 0.383 e. The Balaban J connectivity index is 3.68. The zero-order valence-electron chi connectivity index (χ0n) is 10.3. The fourth-order valence-corrected chi connectivity index (χ4v) is 1.34. The molecule has 4 nitrogen and oxygen atoms in total. The van der Waals surface area contributed by atoms with Crippen molar-refractivity contribution < 1.29 is 9.53 Å². The maximum absolute atomic E-state index is 11.6. The average Bonchev–Trinajstić information content (AvgIpc) is 2.18. The summed E-state index contributed by atoms with van der Waals surface area (Å²) in [4.78, 5) is 11.6. The zero-order chi connectivity index (χ0) is 11.7. The van der Waals surface area contributed by atoms with Gasteiger partial charge in [-0.3, -0.25) is 4.79 Å². The lowest BCUT2D eigenvalue weighted by Crippen LogP contribution is -2.46. The van der Waals surface area contributed by atoms with Crippen LogP contribution >= 0.6 is 0 Å². The van der Waals surface area contributed by atoms with E-state index in [2.05, 4.69) is 17.6 Å². The van der Waals surface area contributed by atoms with Gasteiger partial charge in [0.1, 0.15) is 0 Å². The van der Waals surface area contributed by atoms with E-state index < -0.39 is 0 Å². The van der Waals surface area contributed by atoms with Crippen molar-refractivity contribution >= 4 is 5.91 Å². The number of methoxy groups -OCH3 is 1. The molecule has 0 fully saturated rings. The Labute approximate surface area is 92.8 Å². The molecule has 0 aromatic rings. The van der Waals surface area contributed by atoms with Gasteiger partial charge in [0.15, 0.2) is 0 Å². The molecule has 0 aliphatic heterocycles. The van der Waals surface area contributed by atoms with Gasteiger partial charge in [-0.1, -0.05) is 13.3 Å². The maximum Gasteiger partial charge on any atom is 0.237 e. The number of hydrogen-bond donors (Lipinski definition) is 2. The minimum atomic E-state index is -0.153. The summed E-state index contributed by atoms with van der Waals surface area (Å²) in [5.74, 6) is 0.0621. The predicted octanol–water partition coefficient (Wildman–Crippen LogP) is 0.916. The predicted molar refractivity (Wildman–Crippen MR) is 61.9 cm³/mol. The minimum absolute atomic E-state index is 0.0621. The molecular formula is C11H24N2O2. The molecule has 4 heteroatoms. The van der Waals surface area contributed by atoms with E-state index in [4.69, 9.17) is 4.74 Å². The number of carbonyl (C=O) groups is 1. The van der Waals surface area contributed by atoms with Crippen LogP contribution in [0.1, 0.15) is 33.6 Å². The SMILES string of the molecule is CCCC(C)NC(=O)C(C)NCCOC. The van der Waals surface area contributed by atoms with Crippen LogP contribution in [0.15, 0.2) is 0 Å². The monoisotopic (exact) mass is 216 g/mol. The normalized spacial score (nSPS) is 14.7. The summed E-state index contributed by atoms with van der Waals surface area (Å²) in [5.41, 5.74) is 0. The number of nitrogens with one attached hydrogen (secondary N) is 2. The first kappa shape index (κ1) is 14.4. The standard InChI is InChI=1S/C11H24N2O2/c1-5-6-9(2)13-11(14)10(3)12-7-8-15-4/h9-10,12H,5-8H2,1-4H3,(H,13,14). The third kappa shape index (κ3) is 7.33. The lowest BCUT2D eigenvalue weighted by Gasteiger charge is -2.17. The molecule has 0 aromatic heterocycles. The smallest absolute Gasteiger partial charge is 0.237 e. The summed E-state index contributed by atoms with van der Waals surface area (Å²) >= 11 is 0. The second kappa shape index (κ2) is 8.68. The molecule has 0 aliphatic rings. The highest BCUT2D eigenvalue weighted by atomic mass is 16.5. The van der Waals surface area contributed by atoms with E-state index in [1.165, 1.54) is 0 Å². The van der Waals surface area contributed by atoms with Crippen molar-refractivity contribution in [1.29, 1.82) is 0 Å². The molecule has 0 aromatic carbocycles. The topological polar surface area (TPSA) is 50.4 Å². The van der Waals surface area contributed by atoms with E-state index in [-0.39, 0.29) is 18.0 Å². The molecule has 2 unspecified atom stereocenters. The Morgan fingerprint density at radius 3 is 2.60 bits per heavy atom. The molecule has 2 N–H and O–H groups in total. The van der Waals surface area contributed by atoms with Crippen molar-refractivity contribution in [3.63, 3.8) is 0 Å². The summed E-state index contributed by atoms with van der Waals surface area (Å²) in [5, 5.41) is 6.06. The summed E-state index contributed by atoms with van der Waals surface area (Å²) in [7, 11) is 1.65. The van der Waals surface area contributed by atoms with Crippen LogP contribution in [0, 0.1) is 0 Å². The third-order valence-corrected chi connectivity index (χ3v) is 2.26. The van der Waals surface area contributed by atoms with Crippen LogP contribution in [-0.4, -0.2) is 38.3 Å². The molecule has 15 heavy (non-hydrogen) atoms. The van der Waals surface area contributed by atoms with E-state index in [0.29, 0.717) is 13.2 Å². The molecule has 0 spiro atoms. The lowest BCUT2D eigenvalue weighted by atomic mass is 10.2. The first-order valence-corrected chi connectivity index (χ1v) is 5.64. The number of amides is 1. The van der Waals surface area contributed by atoms with E-state index in [9.17, 15) is 4.79 Å². The summed E-state index contributed by atoms with van der Waals surface area (Å²) in [6, 6.07) is 0.105. The molecule has 0 saturated heterocycles. The van der Waals surface area contributed by atoms with Crippen LogP contribution in [0.25, 0.3) is 0 Å². The number of ether oxygens (including phenoxy) is 1. The van der Waals surface area contributed by atoms with Crippen LogP contribution in [-0.2, 0) is 9.53 Å². The fraction of sp³-hybridized carbons (Fsp3) is 0.909. The zero-order valence-corrected chi connectivity index (χ0v) is 10.3. The third-order valence-electron chi connectivity index (χ3n) is 2.26. The Kier molecular flexibility index (Phi) is 8.33. The minimum Gasteiger partial charge on any atom is -0.383 e. The number of hydrogen-bond acceptors (Lipinski definition) is 3. The maximum atomic E-state index is 11.6. The van der Waals surface area contributed by atoms with Gasteiger partial charge < -0.3 is 15.4 Å². The molecule has 90 valence electrons. The van der Waals surface area contributed by atoms with Crippen LogP contribution < -0.4 is 10.6 Å². The molecule has 2 atom stereocenters. The molecule has 0 rings (SSSR count). The highest BCUT2D eigenvalue weighted by molar-refractivity contribution is 5.81. The lowest BCUT2D eigenvalue weighted by molar-refractivity contribution is -0.123. The summed E-state index contributed by atoms with van der Waals surface area (Å²) in [6.07, 6.45) is 2.11. The summed E-state index contributed by atoms with van der Waals surface area (Å²) < 4.78 is 4.90. The van der Waals surface area contributed by atoms with E-state index >= 15 is 0 Å². The van der Waals surface area contributed by atoms with Gasteiger partial charge in [-0.15, -0.1) is 0 Å². The molecule has 0 radical (unpaired) electrons. The molecule has 0 heterocycles. The van der Waals surface area contributed by atoms with Crippen molar-refractivity contribution in [2.45, 2.75) is 45.7 Å². The van der Waals surface area contributed by atoms with E-state index in [1.807, 2.05) is 13.8 Å².